The zero-order chi connectivity index (χ0) is 45.9. The maximum atomic E-state index is 12.2. The summed E-state index contributed by atoms with van der Waals surface area (Å²) in [4.78, 5) is 10.4. The molecule has 0 unspecified atom stereocenters. The van der Waals surface area contributed by atoms with E-state index in [9.17, 15) is 6.48 Å². The van der Waals surface area contributed by atoms with Crippen LogP contribution in [0.2, 0.25) is 0 Å². The number of pyridine rings is 1. The molecule has 0 amide bonds. The first-order valence-corrected chi connectivity index (χ1v) is 20.9. The summed E-state index contributed by atoms with van der Waals surface area (Å²) in [5.74, 6) is 0.165. The van der Waals surface area contributed by atoms with Crippen LogP contribution >= 0.6 is 0 Å². The van der Waals surface area contributed by atoms with E-state index in [0.717, 1.165) is 83.6 Å². The average molecular weight is 986 g/mol. The fourth-order valence-electron chi connectivity index (χ4n) is 8.04. The van der Waals surface area contributed by atoms with E-state index in [2.05, 4.69) is 132 Å². The summed E-state index contributed by atoms with van der Waals surface area (Å²) >= 11 is 0. The van der Waals surface area contributed by atoms with Crippen LogP contribution in [0, 0.1) is 12.9 Å². The number of para-hydroxylation sites is 1. The number of nitrogens with zero attached hydrogens (tertiary/aromatic N) is 3. The largest absolute Gasteiger partial charge is 0.507 e. The van der Waals surface area contributed by atoms with E-state index >= 15 is 0 Å². The van der Waals surface area contributed by atoms with Crippen LogP contribution in [-0.4, -0.2) is 19.6 Å². The molecule has 2 heterocycles. The van der Waals surface area contributed by atoms with Crippen molar-refractivity contribution in [2.24, 2.45) is 0 Å². The van der Waals surface area contributed by atoms with Gasteiger partial charge in [0.25, 0.3) is 0 Å². The van der Waals surface area contributed by atoms with Crippen LogP contribution in [-0.2, 0) is 26.5 Å². The van der Waals surface area contributed by atoms with Gasteiger partial charge in [0.1, 0.15) is 11.6 Å². The van der Waals surface area contributed by atoms with Gasteiger partial charge in [0.05, 0.1) is 16.6 Å². The van der Waals surface area contributed by atoms with Gasteiger partial charge in [-0.25, -0.2) is 4.98 Å². The standard InChI is InChI=1S/C56H56N3O.Pt/c1-34(2)41-30-49(36(5)6)54(60)50(31-41)55-58-53-47(17-14-18-52(53)59(55)45-23-24-46(48(33-45)35(3)4)39-15-12-11-13-16-39)42-27-43(29-44(28-42)56(8,9)10)51-32-40(25-26-57-51)38-21-19-37(7)20-22-38;/h11-26,28-36,60H,1-10H3;/q-1;/i7D3,35D;. The summed E-state index contributed by atoms with van der Waals surface area (Å²) in [7, 11) is 0. The van der Waals surface area contributed by atoms with Crippen LogP contribution in [0.25, 0.3) is 72.7 Å². The topological polar surface area (TPSA) is 50.9 Å². The van der Waals surface area contributed by atoms with Crippen LogP contribution in [0.15, 0.2) is 134 Å². The van der Waals surface area contributed by atoms with E-state index < -0.39 is 12.7 Å². The van der Waals surface area contributed by atoms with Crippen molar-refractivity contribution in [2.45, 2.75) is 92.3 Å². The molecule has 0 spiro atoms. The molecule has 8 rings (SSSR count). The Hall–Kier alpha value is -5.57. The van der Waals surface area contributed by atoms with Crippen molar-refractivity contribution in [1.29, 1.82) is 0 Å². The molecule has 2 aromatic heterocycles. The molecule has 0 fully saturated rings. The smallest absolute Gasteiger partial charge is 0.148 e. The van der Waals surface area contributed by atoms with Crippen LogP contribution in [0.1, 0.15) is 113 Å². The van der Waals surface area contributed by atoms with Gasteiger partial charge < -0.3 is 5.11 Å². The molecule has 0 aliphatic carbocycles. The molecule has 5 heteroatoms. The number of aromatic hydroxyl groups is 1. The van der Waals surface area contributed by atoms with Crippen molar-refractivity contribution in [1.82, 2.24) is 14.5 Å². The van der Waals surface area contributed by atoms with Gasteiger partial charge in [0.15, 0.2) is 0 Å². The van der Waals surface area contributed by atoms with E-state index in [-0.39, 0.29) is 44.1 Å². The molecule has 0 aliphatic heterocycles. The van der Waals surface area contributed by atoms with E-state index in [4.69, 9.17) is 14.1 Å². The third-order valence-electron chi connectivity index (χ3n) is 11.5. The Labute approximate surface area is 382 Å². The summed E-state index contributed by atoms with van der Waals surface area (Å²) in [5.41, 5.74) is 14.3. The molecule has 0 bridgehead atoms. The van der Waals surface area contributed by atoms with Crippen LogP contribution in [0.3, 0.4) is 0 Å². The van der Waals surface area contributed by atoms with Gasteiger partial charge in [-0.1, -0.05) is 164 Å². The van der Waals surface area contributed by atoms with Crippen molar-refractivity contribution in [3.63, 3.8) is 0 Å². The zero-order valence-electron chi connectivity index (χ0n) is 40.5. The number of phenolic OH excluding ortho intramolecular Hbond substituents is 1. The molecule has 0 saturated carbocycles. The summed E-state index contributed by atoms with van der Waals surface area (Å²) in [6.07, 6.45) is 1.78. The second-order valence-electron chi connectivity index (χ2n) is 17.8. The Bertz CT molecular complexity index is 3010. The molecule has 0 atom stereocenters. The van der Waals surface area contributed by atoms with E-state index in [1.165, 1.54) is 0 Å². The molecular weight excluding hydrogens is 926 g/mol. The molecular formula is C56H56N3OPt-. The van der Waals surface area contributed by atoms with Crippen molar-refractivity contribution in [3.05, 3.63) is 167 Å². The van der Waals surface area contributed by atoms with Crippen molar-refractivity contribution in [3.8, 4) is 67.5 Å². The number of hydrogen-bond donors (Lipinski definition) is 1. The SMILES string of the molecule is [2H]C([2H])([2H])c1ccc(-c2ccnc(-c3[c-]c(-c4cccc5c4nc(-c4cc(C(C)C)cc(C(C)C)c4O)n5-c4ccc(-c5ccccc5)c(C([2H])(C)C)c4)cc(C(C)(C)C)c3)c2)cc1.[Pt]. The van der Waals surface area contributed by atoms with Crippen LogP contribution in [0.5, 0.6) is 5.75 Å². The zero-order valence-corrected chi connectivity index (χ0v) is 38.7. The predicted molar refractivity (Wildman–Crippen MR) is 252 cm³/mol. The normalized spacial score (nSPS) is 13.2. The van der Waals surface area contributed by atoms with Gasteiger partial charge in [-0.2, -0.15) is 0 Å². The van der Waals surface area contributed by atoms with Crippen molar-refractivity contribution < 1.29 is 31.7 Å². The summed E-state index contributed by atoms with van der Waals surface area (Å²) in [6.45, 7) is 16.8. The van der Waals surface area contributed by atoms with Crippen LogP contribution < -0.4 is 0 Å². The summed E-state index contributed by atoms with van der Waals surface area (Å²) in [5, 5.41) is 12.2. The van der Waals surface area contributed by atoms with Crippen LogP contribution in [0.4, 0.5) is 0 Å². The molecule has 6 aromatic carbocycles. The minimum Gasteiger partial charge on any atom is -0.507 e. The summed E-state index contributed by atoms with van der Waals surface area (Å²) in [6, 6.07) is 46.0. The van der Waals surface area contributed by atoms with Crippen molar-refractivity contribution >= 4 is 11.0 Å². The molecule has 8 aromatic rings. The number of imidazole rings is 1. The number of benzene rings is 6. The third kappa shape index (κ3) is 8.66. The third-order valence-corrected chi connectivity index (χ3v) is 11.5. The first-order chi connectivity index (χ1) is 30.2. The minimum atomic E-state index is -2.18. The number of aryl methyl sites for hydroxylation is 1. The molecule has 0 radical (unpaired) electrons. The van der Waals surface area contributed by atoms with Gasteiger partial charge in [-0.05, 0) is 99.3 Å². The Morgan fingerprint density at radius 2 is 1.41 bits per heavy atom. The van der Waals surface area contributed by atoms with Crippen molar-refractivity contribution in [2.75, 3.05) is 0 Å². The minimum absolute atomic E-state index is 0. The fraction of sp³-hybridized carbons (Fsp3) is 0.250. The molecule has 1 N–H and O–H groups in total. The second-order valence-corrected chi connectivity index (χ2v) is 17.8. The number of aromatic nitrogens is 3. The van der Waals surface area contributed by atoms with E-state index in [1.54, 1.807) is 18.3 Å². The number of fused-ring (bicyclic) bond motifs is 1. The Morgan fingerprint density at radius 1 is 0.672 bits per heavy atom. The van der Waals surface area contributed by atoms with Gasteiger partial charge in [-0.15, -0.1) is 29.3 Å². The fourth-order valence-corrected chi connectivity index (χ4v) is 8.04. The van der Waals surface area contributed by atoms with Gasteiger partial charge in [0.2, 0.25) is 0 Å². The molecule has 0 aliphatic rings. The van der Waals surface area contributed by atoms with E-state index in [1.807, 2.05) is 56.3 Å². The molecule has 312 valence electrons. The second kappa shape index (κ2) is 17.4. The van der Waals surface area contributed by atoms with Gasteiger partial charge in [0, 0.05) is 44.1 Å². The van der Waals surface area contributed by atoms with Gasteiger partial charge >= 0.3 is 0 Å². The molecule has 4 nitrogen and oxygen atoms in total. The predicted octanol–water partition coefficient (Wildman–Crippen LogP) is 15.2. The first kappa shape index (κ1) is 38.4. The first-order valence-electron chi connectivity index (χ1n) is 22.9. The summed E-state index contributed by atoms with van der Waals surface area (Å²) < 4.78 is 35.0. The number of phenols is 1. The maximum Gasteiger partial charge on any atom is 0.148 e. The Balaban J connectivity index is 0.00000630. The molecule has 0 saturated heterocycles. The monoisotopic (exact) mass is 985 g/mol. The molecule has 61 heavy (non-hydrogen) atoms. The Morgan fingerprint density at radius 3 is 2.08 bits per heavy atom. The quantitative estimate of drug-likeness (QED) is 0.147. The average Bonchev–Trinajstić information content (AvgIpc) is 3.65. The van der Waals surface area contributed by atoms with Gasteiger partial charge in [-0.3, -0.25) is 9.55 Å². The Kier molecular flexibility index (Phi) is 11.0. The number of rotatable bonds is 9. The van der Waals surface area contributed by atoms with E-state index in [0.29, 0.717) is 17.0 Å². The number of hydrogen-bond acceptors (Lipinski definition) is 3. The maximum absolute atomic E-state index is 12.2.